The van der Waals surface area contributed by atoms with Gasteiger partial charge in [-0.2, -0.15) is 0 Å². The summed E-state index contributed by atoms with van der Waals surface area (Å²) >= 11 is 3.32. The van der Waals surface area contributed by atoms with Crippen molar-refractivity contribution in [2.24, 2.45) is 0 Å². The molecule has 0 aromatic heterocycles. The Bertz CT molecular complexity index is 1220. The fraction of sp³-hybridized carbons (Fsp3) is 0.100. The van der Waals surface area contributed by atoms with Crippen molar-refractivity contribution >= 4 is 54.2 Å². The summed E-state index contributed by atoms with van der Waals surface area (Å²) in [5.74, 6) is -2.61. The molecule has 0 saturated heterocycles. The Kier molecular flexibility index (Phi) is 4.47. The largest absolute Gasteiger partial charge is 0.325 e. The Morgan fingerprint density at radius 2 is 1.64 bits per heavy atom. The molecule has 28 heavy (non-hydrogen) atoms. The Hall–Kier alpha value is -2.71. The summed E-state index contributed by atoms with van der Waals surface area (Å²) in [5, 5.41) is 4.19. The maximum atomic E-state index is 13.0. The summed E-state index contributed by atoms with van der Waals surface area (Å²) in [6, 6.07) is 17.3. The van der Waals surface area contributed by atoms with Gasteiger partial charge in [-0.1, -0.05) is 40.2 Å². The molecule has 0 aliphatic carbocycles. The number of fused-ring (bicyclic) bond motifs is 2. The molecular formula is C20H15BrN2O4S. The summed E-state index contributed by atoms with van der Waals surface area (Å²) in [5.41, 5.74) is 0.704. The summed E-state index contributed by atoms with van der Waals surface area (Å²) in [6.45, 7) is 0. The molecule has 3 aromatic carbocycles. The molecule has 1 unspecified atom stereocenters. The molecule has 1 N–H and O–H groups in total. The second-order valence-electron chi connectivity index (χ2n) is 6.48. The molecule has 1 atom stereocenters. The molecule has 8 heteroatoms. The molecule has 3 aromatic rings. The van der Waals surface area contributed by atoms with Crippen LogP contribution < -0.4 is 5.32 Å². The molecule has 0 radical (unpaired) electrons. The van der Waals surface area contributed by atoms with Gasteiger partial charge in [0.1, 0.15) is 5.92 Å². The van der Waals surface area contributed by atoms with E-state index in [0.717, 1.165) is 15.2 Å². The number of halogens is 1. The zero-order valence-electron chi connectivity index (χ0n) is 14.7. The van der Waals surface area contributed by atoms with E-state index in [1.54, 1.807) is 42.5 Å². The van der Waals surface area contributed by atoms with E-state index in [2.05, 4.69) is 21.2 Å². The molecule has 0 saturated carbocycles. The Balaban J connectivity index is 1.85. The maximum absolute atomic E-state index is 13.0. The van der Waals surface area contributed by atoms with Crippen molar-refractivity contribution < 1.29 is 18.0 Å². The Morgan fingerprint density at radius 3 is 2.29 bits per heavy atom. The van der Waals surface area contributed by atoms with E-state index in [9.17, 15) is 18.0 Å². The first-order chi connectivity index (χ1) is 13.3. The van der Waals surface area contributed by atoms with Crippen LogP contribution in [0.25, 0.3) is 10.8 Å². The molecule has 1 aliphatic rings. The third-order valence-electron chi connectivity index (χ3n) is 4.76. The van der Waals surface area contributed by atoms with E-state index in [-0.39, 0.29) is 10.5 Å². The van der Waals surface area contributed by atoms with Crippen LogP contribution >= 0.6 is 15.9 Å². The van der Waals surface area contributed by atoms with Crippen molar-refractivity contribution in [3.05, 3.63) is 70.7 Å². The van der Waals surface area contributed by atoms with Crippen LogP contribution in [0.4, 0.5) is 5.69 Å². The van der Waals surface area contributed by atoms with Crippen molar-refractivity contribution in [2.45, 2.75) is 10.8 Å². The molecular weight excluding hydrogens is 444 g/mol. The summed E-state index contributed by atoms with van der Waals surface area (Å²) in [7, 11) is -2.83. The summed E-state index contributed by atoms with van der Waals surface area (Å²) in [6.07, 6.45) is 0. The van der Waals surface area contributed by atoms with E-state index in [4.69, 9.17) is 0 Å². The van der Waals surface area contributed by atoms with Crippen LogP contribution in [0.5, 0.6) is 0 Å². The highest BCUT2D eigenvalue weighted by Gasteiger charge is 2.44. The van der Waals surface area contributed by atoms with Crippen LogP contribution in [0.3, 0.4) is 0 Å². The van der Waals surface area contributed by atoms with E-state index in [1.165, 1.54) is 13.1 Å². The van der Waals surface area contributed by atoms with E-state index in [1.807, 2.05) is 12.1 Å². The molecule has 1 heterocycles. The van der Waals surface area contributed by atoms with E-state index in [0.29, 0.717) is 9.99 Å². The first-order valence-electron chi connectivity index (χ1n) is 8.41. The highest BCUT2D eigenvalue weighted by atomic mass is 79.9. The van der Waals surface area contributed by atoms with Crippen molar-refractivity contribution in [3.8, 4) is 0 Å². The number of anilines is 1. The minimum Gasteiger partial charge on any atom is -0.325 e. The fourth-order valence-corrected chi connectivity index (χ4v) is 4.92. The molecule has 142 valence electrons. The lowest BCUT2D eigenvalue weighted by Crippen LogP contribution is -2.45. The number of nitrogens with zero attached hydrogens (tertiary/aromatic N) is 1. The average Bonchev–Trinajstić information content (AvgIpc) is 2.67. The van der Waals surface area contributed by atoms with Gasteiger partial charge in [0.15, 0.2) is 0 Å². The summed E-state index contributed by atoms with van der Waals surface area (Å²) in [4.78, 5) is 25.7. The van der Waals surface area contributed by atoms with Crippen LogP contribution in [0, 0.1) is 0 Å². The van der Waals surface area contributed by atoms with Gasteiger partial charge in [0.25, 0.3) is 15.9 Å². The normalized spacial score (nSPS) is 18.0. The van der Waals surface area contributed by atoms with Gasteiger partial charge in [0.05, 0.1) is 4.90 Å². The molecule has 4 rings (SSSR count). The van der Waals surface area contributed by atoms with Gasteiger partial charge in [-0.25, -0.2) is 12.7 Å². The standard InChI is InChI=1S/C20H15BrN2O4S/c1-23-20(25)18(19(24)22-15-8-6-14(21)7-9-15)16-10-12-4-2-3-5-13(12)11-17(16)28(23,26)27/h2-11,18H,1H3,(H,22,24). The van der Waals surface area contributed by atoms with Crippen molar-refractivity contribution in [1.82, 2.24) is 4.31 Å². The number of sulfonamides is 1. The topological polar surface area (TPSA) is 83.6 Å². The van der Waals surface area contributed by atoms with Gasteiger partial charge in [0, 0.05) is 17.2 Å². The number of amides is 2. The van der Waals surface area contributed by atoms with Crippen LogP contribution in [0.2, 0.25) is 0 Å². The van der Waals surface area contributed by atoms with E-state index < -0.39 is 27.8 Å². The third-order valence-corrected chi connectivity index (χ3v) is 7.10. The lowest BCUT2D eigenvalue weighted by Gasteiger charge is -2.30. The van der Waals surface area contributed by atoms with Gasteiger partial charge < -0.3 is 5.32 Å². The third kappa shape index (κ3) is 2.98. The highest BCUT2D eigenvalue weighted by molar-refractivity contribution is 9.10. The molecule has 6 nitrogen and oxygen atoms in total. The second-order valence-corrected chi connectivity index (χ2v) is 9.33. The number of hydrogen-bond acceptors (Lipinski definition) is 4. The van der Waals surface area contributed by atoms with Gasteiger partial charge in [-0.15, -0.1) is 0 Å². The van der Waals surface area contributed by atoms with Crippen molar-refractivity contribution in [3.63, 3.8) is 0 Å². The smallest absolute Gasteiger partial charge is 0.266 e. The first kappa shape index (κ1) is 18.6. The molecule has 0 bridgehead atoms. The number of benzene rings is 3. The lowest BCUT2D eigenvalue weighted by molar-refractivity contribution is -0.132. The van der Waals surface area contributed by atoms with Gasteiger partial charge in [0.2, 0.25) is 5.91 Å². The number of rotatable bonds is 2. The number of carbonyl (C=O) groups excluding carboxylic acids is 2. The van der Waals surface area contributed by atoms with Crippen molar-refractivity contribution in [1.29, 1.82) is 0 Å². The number of carbonyl (C=O) groups is 2. The fourth-order valence-electron chi connectivity index (χ4n) is 3.27. The number of hydrogen-bond donors (Lipinski definition) is 1. The average molecular weight is 459 g/mol. The number of likely N-dealkylation sites (N-methyl/N-ethyl adjacent to an activating group) is 1. The maximum Gasteiger partial charge on any atom is 0.266 e. The molecule has 0 fully saturated rings. The van der Waals surface area contributed by atoms with E-state index >= 15 is 0 Å². The second kappa shape index (κ2) is 6.72. The van der Waals surface area contributed by atoms with Crippen LogP contribution in [-0.2, 0) is 19.6 Å². The van der Waals surface area contributed by atoms with Crippen LogP contribution in [0.1, 0.15) is 11.5 Å². The predicted molar refractivity (Wildman–Crippen MR) is 109 cm³/mol. The minimum atomic E-state index is -4.01. The molecule has 1 aliphatic heterocycles. The zero-order chi connectivity index (χ0) is 20.1. The van der Waals surface area contributed by atoms with Crippen LogP contribution in [-0.4, -0.2) is 31.6 Å². The first-order valence-corrected chi connectivity index (χ1v) is 10.6. The lowest BCUT2D eigenvalue weighted by atomic mass is 9.94. The van der Waals surface area contributed by atoms with Crippen molar-refractivity contribution in [2.75, 3.05) is 12.4 Å². The van der Waals surface area contributed by atoms with Gasteiger partial charge in [-0.05, 0) is 52.7 Å². The monoisotopic (exact) mass is 458 g/mol. The minimum absolute atomic E-state index is 0.0238. The van der Waals surface area contributed by atoms with Gasteiger partial charge >= 0.3 is 0 Å². The Morgan fingerprint density at radius 1 is 1.04 bits per heavy atom. The van der Waals surface area contributed by atoms with Gasteiger partial charge in [-0.3, -0.25) is 9.59 Å². The highest BCUT2D eigenvalue weighted by Crippen LogP contribution is 2.37. The number of nitrogens with one attached hydrogen (secondary N) is 1. The SMILES string of the molecule is CN1C(=O)C(C(=O)Nc2ccc(Br)cc2)c2cc3ccccc3cc2S1(=O)=O. The van der Waals surface area contributed by atoms with Crippen LogP contribution in [0.15, 0.2) is 70.0 Å². The Labute approximate surface area is 170 Å². The molecule has 2 amide bonds. The predicted octanol–water partition coefficient (Wildman–Crippen LogP) is 3.49. The zero-order valence-corrected chi connectivity index (χ0v) is 17.1. The molecule has 0 spiro atoms. The summed E-state index contributed by atoms with van der Waals surface area (Å²) < 4.78 is 27.1. The quantitative estimate of drug-likeness (QED) is 0.595.